The van der Waals surface area contributed by atoms with Gasteiger partial charge >= 0.3 is 0 Å². The molecule has 0 bridgehead atoms. The van der Waals surface area contributed by atoms with E-state index < -0.39 is 0 Å². The summed E-state index contributed by atoms with van der Waals surface area (Å²) in [6, 6.07) is 15.8. The van der Waals surface area contributed by atoms with E-state index in [1.165, 1.54) is 30.5 Å². The second kappa shape index (κ2) is 8.72. The summed E-state index contributed by atoms with van der Waals surface area (Å²) in [6.45, 7) is 4.38. The van der Waals surface area contributed by atoms with Crippen LogP contribution in [0, 0.1) is 5.92 Å². The molecule has 3 heterocycles. The predicted octanol–water partition coefficient (Wildman–Crippen LogP) is 3.00. The minimum atomic E-state index is 0.427. The smallest absolute Gasteiger partial charge is 0.213 e. The van der Waals surface area contributed by atoms with E-state index in [1.54, 1.807) is 7.11 Å². The monoisotopic (exact) mass is 366 g/mol. The molecule has 5 heteroatoms. The average molecular weight is 367 g/mol. The van der Waals surface area contributed by atoms with Crippen LogP contribution in [0.25, 0.3) is 0 Å². The Labute approximate surface area is 162 Å². The van der Waals surface area contributed by atoms with Crippen molar-refractivity contribution < 1.29 is 4.74 Å². The van der Waals surface area contributed by atoms with Gasteiger partial charge in [-0.3, -0.25) is 0 Å². The molecular weight excluding hydrogens is 336 g/mol. The van der Waals surface area contributed by atoms with Crippen LogP contribution in [0.2, 0.25) is 0 Å². The van der Waals surface area contributed by atoms with Gasteiger partial charge in [0.1, 0.15) is 0 Å². The molecule has 144 valence electrons. The Kier molecular flexibility index (Phi) is 5.90. The summed E-state index contributed by atoms with van der Waals surface area (Å²) in [5.74, 6) is 1.35. The highest BCUT2D eigenvalue weighted by atomic mass is 16.5. The van der Waals surface area contributed by atoms with Gasteiger partial charge in [-0.2, -0.15) is 0 Å². The van der Waals surface area contributed by atoms with Crippen molar-refractivity contribution in [1.29, 1.82) is 0 Å². The van der Waals surface area contributed by atoms with Gasteiger partial charge in [0, 0.05) is 31.2 Å². The Morgan fingerprint density at radius 2 is 2.07 bits per heavy atom. The third-order valence-electron chi connectivity index (χ3n) is 5.86. The van der Waals surface area contributed by atoms with Crippen molar-refractivity contribution in [3.8, 4) is 5.88 Å². The largest absolute Gasteiger partial charge is 0.481 e. The van der Waals surface area contributed by atoms with Crippen molar-refractivity contribution in [2.24, 2.45) is 5.92 Å². The van der Waals surface area contributed by atoms with Gasteiger partial charge < -0.3 is 20.3 Å². The third kappa shape index (κ3) is 4.42. The molecule has 0 aliphatic carbocycles. The number of anilines is 1. The predicted molar refractivity (Wildman–Crippen MR) is 109 cm³/mol. The molecule has 1 aromatic heterocycles. The van der Waals surface area contributed by atoms with Crippen molar-refractivity contribution in [2.45, 2.75) is 31.3 Å². The van der Waals surface area contributed by atoms with Crippen molar-refractivity contribution >= 4 is 5.69 Å². The first-order valence-corrected chi connectivity index (χ1v) is 10.1. The molecule has 1 aromatic carbocycles. The maximum atomic E-state index is 5.17. The highest BCUT2D eigenvalue weighted by Gasteiger charge is 2.29. The molecule has 2 aliphatic heterocycles. The number of pyridine rings is 1. The first kappa shape index (κ1) is 18.3. The van der Waals surface area contributed by atoms with Crippen LogP contribution < -0.4 is 20.3 Å². The lowest BCUT2D eigenvalue weighted by Crippen LogP contribution is -2.43. The van der Waals surface area contributed by atoms with Crippen LogP contribution in [0.5, 0.6) is 5.88 Å². The second-order valence-electron chi connectivity index (χ2n) is 7.66. The van der Waals surface area contributed by atoms with Crippen molar-refractivity contribution in [1.82, 2.24) is 15.6 Å². The Morgan fingerprint density at radius 3 is 2.85 bits per heavy atom. The number of ether oxygens (including phenoxy) is 1. The third-order valence-corrected chi connectivity index (χ3v) is 5.86. The second-order valence-corrected chi connectivity index (χ2v) is 7.66. The molecule has 0 saturated carbocycles. The van der Waals surface area contributed by atoms with Crippen LogP contribution in [-0.4, -0.2) is 44.3 Å². The number of hydrogen-bond donors (Lipinski definition) is 2. The molecule has 0 spiro atoms. The molecule has 2 aliphatic rings. The van der Waals surface area contributed by atoms with Gasteiger partial charge in [-0.15, -0.1) is 0 Å². The van der Waals surface area contributed by atoms with Crippen molar-refractivity contribution in [3.63, 3.8) is 0 Å². The minimum Gasteiger partial charge on any atom is -0.481 e. The summed E-state index contributed by atoms with van der Waals surface area (Å²) >= 11 is 0. The van der Waals surface area contributed by atoms with Crippen LogP contribution in [-0.2, 0) is 0 Å². The number of methoxy groups -OCH3 is 1. The van der Waals surface area contributed by atoms with Gasteiger partial charge in [-0.05, 0) is 49.9 Å². The molecular formula is C22H30N4O. The molecule has 2 fully saturated rings. The van der Waals surface area contributed by atoms with Gasteiger partial charge in [0.2, 0.25) is 5.88 Å². The van der Waals surface area contributed by atoms with E-state index in [1.807, 2.05) is 12.3 Å². The van der Waals surface area contributed by atoms with E-state index in [0.717, 1.165) is 26.2 Å². The molecule has 3 atom stereocenters. The van der Waals surface area contributed by atoms with Crippen molar-refractivity contribution in [2.75, 3.05) is 38.2 Å². The SMILES string of the molecule is COc1ccc(N2CCCC(CN[C@@H]3CCN[C@@H]3c3ccccc3)C2)cn1. The Balaban J connectivity index is 1.32. The molecule has 0 radical (unpaired) electrons. The normalized spacial score (nSPS) is 25.5. The topological polar surface area (TPSA) is 49.4 Å². The van der Waals surface area contributed by atoms with E-state index in [4.69, 9.17) is 4.74 Å². The summed E-state index contributed by atoms with van der Waals surface area (Å²) in [5.41, 5.74) is 2.59. The van der Waals surface area contributed by atoms with E-state index in [0.29, 0.717) is 23.9 Å². The highest BCUT2D eigenvalue weighted by Crippen LogP contribution is 2.26. The molecule has 1 unspecified atom stereocenters. The first-order chi connectivity index (χ1) is 13.3. The number of benzene rings is 1. The minimum absolute atomic E-state index is 0.427. The van der Waals surface area contributed by atoms with Crippen molar-refractivity contribution in [3.05, 3.63) is 54.2 Å². The maximum absolute atomic E-state index is 5.17. The Morgan fingerprint density at radius 1 is 1.19 bits per heavy atom. The molecule has 2 aromatic rings. The lowest BCUT2D eigenvalue weighted by molar-refractivity contribution is 0.356. The quantitative estimate of drug-likeness (QED) is 0.823. The summed E-state index contributed by atoms with van der Waals surface area (Å²) in [5, 5.41) is 7.53. The van der Waals surface area contributed by atoms with Gasteiger partial charge in [-0.25, -0.2) is 4.98 Å². The number of rotatable bonds is 6. The maximum Gasteiger partial charge on any atom is 0.213 e. The van der Waals surface area contributed by atoms with E-state index in [-0.39, 0.29) is 0 Å². The highest BCUT2D eigenvalue weighted by molar-refractivity contribution is 5.45. The average Bonchev–Trinajstić information content (AvgIpc) is 3.22. The number of aromatic nitrogens is 1. The van der Waals surface area contributed by atoms with E-state index >= 15 is 0 Å². The number of piperidine rings is 1. The van der Waals surface area contributed by atoms with Crippen LogP contribution in [0.4, 0.5) is 5.69 Å². The molecule has 2 saturated heterocycles. The fourth-order valence-electron chi connectivity index (χ4n) is 4.40. The summed E-state index contributed by atoms with van der Waals surface area (Å²) in [7, 11) is 1.66. The van der Waals surface area contributed by atoms with Crippen LogP contribution in [0.1, 0.15) is 30.9 Å². The molecule has 0 amide bonds. The standard InChI is InChI=1S/C22H30N4O/c1-27-21-10-9-19(15-25-21)26-13-5-6-17(16-26)14-24-20-11-12-23-22(20)18-7-3-2-4-8-18/h2-4,7-10,15,17,20,22-24H,5-6,11-14,16H2,1H3/t17?,20-,22-/m1/s1. The zero-order valence-corrected chi connectivity index (χ0v) is 16.1. The fourth-order valence-corrected chi connectivity index (χ4v) is 4.40. The van der Waals surface area contributed by atoms with E-state index in [2.05, 4.69) is 56.9 Å². The summed E-state index contributed by atoms with van der Waals surface area (Å²) in [6.07, 6.45) is 5.66. The van der Waals surface area contributed by atoms with Gasteiger partial charge in [-0.1, -0.05) is 30.3 Å². The molecule has 2 N–H and O–H groups in total. The van der Waals surface area contributed by atoms with Crippen LogP contribution in [0.15, 0.2) is 48.7 Å². The molecule has 27 heavy (non-hydrogen) atoms. The summed E-state index contributed by atoms with van der Waals surface area (Å²) in [4.78, 5) is 6.82. The first-order valence-electron chi connectivity index (χ1n) is 10.1. The van der Waals surface area contributed by atoms with E-state index in [9.17, 15) is 0 Å². The Hall–Kier alpha value is -2.11. The van der Waals surface area contributed by atoms with Gasteiger partial charge in [0.05, 0.1) is 19.0 Å². The molecule has 4 rings (SSSR count). The zero-order chi connectivity index (χ0) is 18.5. The molecule has 5 nitrogen and oxygen atoms in total. The number of nitrogens with zero attached hydrogens (tertiary/aromatic N) is 2. The fraction of sp³-hybridized carbons (Fsp3) is 0.500. The number of nitrogens with one attached hydrogen (secondary N) is 2. The van der Waals surface area contributed by atoms with Gasteiger partial charge in [0.25, 0.3) is 0 Å². The lowest BCUT2D eigenvalue weighted by atomic mass is 9.95. The lowest BCUT2D eigenvalue weighted by Gasteiger charge is -2.35. The number of hydrogen-bond acceptors (Lipinski definition) is 5. The Bertz CT molecular complexity index is 706. The van der Waals surface area contributed by atoms with Crippen LogP contribution >= 0.6 is 0 Å². The van der Waals surface area contributed by atoms with Crippen LogP contribution in [0.3, 0.4) is 0 Å². The van der Waals surface area contributed by atoms with Gasteiger partial charge in [0.15, 0.2) is 0 Å². The zero-order valence-electron chi connectivity index (χ0n) is 16.1. The summed E-state index contributed by atoms with van der Waals surface area (Å²) < 4.78 is 5.17.